The fourth-order valence-corrected chi connectivity index (χ4v) is 3.99. The standard InChI is InChI=1S/C14H22N2O2S2/c1-14(2,3)20(17,18)13-6-5-12(11-15-13)16-7-4-9-19-10-8-16/h5-6,11H,4,7-10H2,1-3H3. The van der Waals surface area contributed by atoms with E-state index < -0.39 is 14.6 Å². The van der Waals surface area contributed by atoms with E-state index in [0.717, 1.165) is 31.0 Å². The summed E-state index contributed by atoms with van der Waals surface area (Å²) in [7, 11) is -3.36. The molecule has 1 fully saturated rings. The summed E-state index contributed by atoms with van der Waals surface area (Å²) in [5.41, 5.74) is 1.01. The van der Waals surface area contributed by atoms with Gasteiger partial charge < -0.3 is 4.90 Å². The van der Waals surface area contributed by atoms with Crippen LogP contribution in [0.4, 0.5) is 5.69 Å². The largest absolute Gasteiger partial charge is 0.369 e. The van der Waals surface area contributed by atoms with E-state index >= 15 is 0 Å². The summed E-state index contributed by atoms with van der Waals surface area (Å²) < 4.78 is 23.8. The van der Waals surface area contributed by atoms with Crippen LogP contribution in [0, 0.1) is 0 Å². The Bertz CT molecular complexity index is 540. The maximum absolute atomic E-state index is 12.3. The molecule has 6 heteroatoms. The fraction of sp³-hybridized carbons (Fsp3) is 0.643. The van der Waals surface area contributed by atoms with Crippen LogP contribution in [0.1, 0.15) is 27.2 Å². The van der Waals surface area contributed by atoms with E-state index in [4.69, 9.17) is 0 Å². The number of rotatable bonds is 2. The molecule has 1 saturated heterocycles. The highest BCUT2D eigenvalue weighted by molar-refractivity contribution is 7.99. The number of pyridine rings is 1. The van der Waals surface area contributed by atoms with Gasteiger partial charge in [-0.05, 0) is 45.1 Å². The van der Waals surface area contributed by atoms with Gasteiger partial charge in [0, 0.05) is 18.8 Å². The molecule has 0 aliphatic carbocycles. The van der Waals surface area contributed by atoms with Crippen molar-refractivity contribution in [3.63, 3.8) is 0 Å². The molecule has 2 heterocycles. The molecule has 0 unspecified atom stereocenters. The van der Waals surface area contributed by atoms with E-state index in [9.17, 15) is 8.42 Å². The van der Waals surface area contributed by atoms with Crippen LogP contribution in [0.5, 0.6) is 0 Å². The van der Waals surface area contributed by atoms with Crippen molar-refractivity contribution in [2.75, 3.05) is 29.5 Å². The van der Waals surface area contributed by atoms with Gasteiger partial charge in [0.2, 0.25) is 0 Å². The molecule has 1 aromatic heterocycles. The first kappa shape index (κ1) is 15.6. The molecular weight excluding hydrogens is 292 g/mol. The Labute approximate surface area is 125 Å². The number of hydrogen-bond acceptors (Lipinski definition) is 5. The molecule has 1 aliphatic rings. The summed E-state index contributed by atoms with van der Waals surface area (Å²) in [6.45, 7) is 7.11. The second-order valence-corrected chi connectivity index (χ2v) is 9.80. The van der Waals surface area contributed by atoms with E-state index in [1.54, 1.807) is 33.0 Å². The first-order valence-corrected chi connectivity index (χ1v) is 9.49. The lowest BCUT2D eigenvalue weighted by atomic mass is 10.3. The molecule has 4 nitrogen and oxygen atoms in total. The molecule has 0 radical (unpaired) electrons. The SMILES string of the molecule is CC(C)(C)S(=O)(=O)c1ccc(N2CCCSCC2)cn1. The average molecular weight is 314 g/mol. The molecule has 0 bridgehead atoms. The highest BCUT2D eigenvalue weighted by Crippen LogP contribution is 2.25. The van der Waals surface area contributed by atoms with Crippen LogP contribution >= 0.6 is 11.8 Å². The summed E-state index contributed by atoms with van der Waals surface area (Å²) in [6, 6.07) is 3.51. The lowest BCUT2D eigenvalue weighted by Gasteiger charge is -2.23. The van der Waals surface area contributed by atoms with Crippen molar-refractivity contribution in [3.05, 3.63) is 18.3 Å². The van der Waals surface area contributed by atoms with Gasteiger partial charge in [0.15, 0.2) is 14.9 Å². The quantitative estimate of drug-likeness (QED) is 0.840. The molecule has 112 valence electrons. The normalized spacial score (nSPS) is 17.9. The molecule has 20 heavy (non-hydrogen) atoms. The van der Waals surface area contributed by atoms with Crippen LogP contribution in [0.15, 0.2) is 23.4 Å². The third kappa shape index (κ3) is 3.28. The van der Waals surface area contributed by atoms with Gasteiger partial charge in [-0.15, -0.1) is 0 Å². The molecule has 0 amide bonds. The van der Waals surface area contributed by atoms with Gasteiger partial charge in [-0.2, -0.15) is 11.8 Å². The van der Waals surface area contributed by atoms with Crippen LogP contribution < -0.4 is 4.90 Å². The van der Waals surface area contributed by atoms with Gasteiger partial charge in [-0.25, -0.2) is 13.4 Å². The van der Waals surface area contributed by atoms with E-state index in [0.29, 0.717) is 0 Å². The van der Waals surface area contributed by atoms with Gasteiger partial charge in [-0.1, -0.05) is 0 Å². The molecule has 1 aromatic rings. The van der Waals surface area contributed by atoms with Crippen LogP contribution in [-0.4, -0.2) is 42.7 Å². The highest BCUT2D eigenvalue weighted by atomic mass is 32.2. The van der Waals surface area contributed by atoms with E-state index in [-0.39, 0.29) is 5.03 Å². The zero-order valence-electron chi connectivity index (χ0n) is 12.3. The topological polar surface area (TPSA) is 50.3 Å². The Balaban J connectivity index is 2.22. The molecule has 0 saturated carbocycles. The Kier molecular flexibility index (Phi) is 4.64. The van der Waals surface area contributed by atoms with Gasteiger partial charge in [-0.3, -0.25) is 0 Å². The highest BCUT2D eigenvalue weighted by Gasteiger charge is 2.32. The summed E-state index contributed by atoms with van der Waals surface area (Å²) in [5.74, 6) is 2.31. The van der Waals surface area contributed by atoms with E-state index in [2.05, 4.69) is 9.88 Å². The third-order valence-electron chi connectivity index (χ3n) is 3.39. The second-order valence-electron chi connectivity index (χ2n) is 5.92. The summed E-state index contributed by atoms with van der Waals surface area (Å²) in [5, 5.41) is 0.165. The maximum Gasteiger partial charge on any atom is 0.200 e. The Morgan fingerprint density at radius 2 is 1.95 bits per heavy atom. The number of thioether (sulfide) groups is 1. The lowest BCUT2D eigenvalue weighted by Crippen LogP contribution is -2.29. The number of hydrogen-bond donors (Lipinski definition) is 0. The smallest absolute Gasteiger partial charge is 0.200 e. The molecule has 0 aromatic carbocycles. The van der Waals surface area contributed by atoms with Crippen molar-refractivity contribution in [1.82, 2.24) is 4.98 Å². The van der Waals surface area contributed by atoms with Crippen LogP contribution in [0.2, 0.25) is 0 Å². The van der Waals surface area contributed by atoms with E-state index in [1.807, 2.05) is 17.8 Å². The van der Waals surface area contributed by atoms with Crippen LogP contribution in [0.25, 0.3) is 0 Å². The predicted octanol–water partition coefficient (Wildman–Crippen LogP) is 2.60. The maximum atomic E-state index is 12.3. The Hall–Kier alpha value is -0.750. The average Bonchev–Trinajstić information content (AvgIpc) is 2.66. The molecular formula is C14H22N2O2S2. The van der Waals surface area contributed by atoms with Crippen molar-refractivity contribution >= 4 is 27.3 Å². The van der Waals surface area contributed by atoms with Crippen molar-refractivity contribution in [2.45, 2.75) is 37.0 Å². The summed E-state index contributed by atoms with van der Waals surface area (Å²) in [4.78, 5) is 6.46. The van der Waals surface area contributed by atoms with Gasteiger partial charge in [0.05, 0.1) is 16.6 Å². The Morgan fingerprint density at radius 1 is 1.20 bits per heavy atom. The number of aromatic nitrogens is 1. The monoisotopic (exact) mass is 314 g/mol. The minimum Gasteiger partial charge on any atom is -0.369 e. The first-order valence-electron chi connectivity index (χ1n) is 6.86. The van der Waals surface area contributed by atoms with Crippen LogP contribution in [-0.2, 0) is 9.84 Å². The molecule has 0 atom stereocenters. The zero-order chi connectivity index (χ0) is 14.8. The zero-order valence-corrected chi connectivity index (χ0v) is 13.9. The fourth-order valence-electron chi connectivity index (χ4n) is 2.04. The van der Waals surface area contributed by atoms with Gasteiger partial charge >= 0.3 is 0 Å². The molecule has 1 aliphatic heterocycles. The van der Waals surface area contributed by atoms with Crippen molar-refractivity contribution in [1.29, 1.82) is 0 Å². The van der Waals surface area contributed by atoms with Crippen molar-refractivity contribution < 1.29 is 8.42 Å². The third-order valence-corrected chi connectivity index (χ3v) is 6.84. The predicted molar refractivity (Wildman–Crippen MR) is 85.3 cm³/mol. The molecule has 0 spiro atoms. The van der Waals surface area contributed by atoms with Gasteiger partial charge in [0.25, 0.3) is 0 Å². The summed E-state index contributed by atoms with van der Waals surface area (Å²) in [6.07, 6.45) is 2.85. The molecule has 0 N–H and O–H groups in total. The minimum atomic E-state index is -3.36. The number of nitrogens with zero attached hydrogens (tertiary/aromatic N) is 2. The van der Waals surface area contributed by atoms with Crippen molar-refractivity contribution in [2.24, 2.45) is 0 Å². The Morgan fingerprint density at radius 3 is 2.55 bits per heavy atom. The minimum absolute atomic E-state index is 0.165. The van der Waals surface area contributed by atoms with Gasteiger partial charge in [0.1, 0.15) is 0 Å². The summed E-state index contributed by atoms with van der Waals surface area (Å²) >= 11 is 1.97. The second kappa shape index (κ2) is 5.93. The first-order chi connectivity index (χ1) is 9.32. The number of sulfone groups is 1. The van der Waals surface area contributed by atoms with E-state index in [1.165, 1.54) is 5.75 Å². The molecule has 2 rings (SSSR count). The lowest BCUT2D eigenvalue weighted by molar-refractivity contribution is 0.556. The van der Waals surface area contributed by atoms with Crippen molar-refractivity contribution in [3.8, 4) is 0 Å². The number of anilines is 1. The van der Waals surface area contributed by atoms with Crippen LogP contribution in [0.3, 0.4) is 0 Å².